The first-order valence-corrected chi connectivity index (χ1v) is 5.34. The van der Waals surface area contributed by atoms with Crippen LogP contribution in [0.3, 0.4) is 0 Å². The van der Waals surface area contributed by atoms with Crippen molar-refractivity contribution in [1.29, 1.82) is 0 Å². The second-order valence-corrected chi connectivity index (χ2v) is 3.70. The highest BCUT2D eigenvalue weighted by Crippen LogP contribution is 2.25. The van der Waals surface area contributed by atoms with Crippen LogP contribution >= 0.6 is 0 Å². The number of rotatable bonds is 2. The fourth-order valence-corrected chi connectivity index (χ4v) is 1.64. The number of esters is 1. The van der Waals surface area contributed by atoms with Crippen molar-refractivity contribution in [3.63, 3.8) is 0 Å². The molecule has 1 aliphatic heterocycles. The van der Waals surface area contributed by atoms with Crippen LogP contribution in [-0.2, 0) is 9.53 Å². The Kier molecular flexibility index (Phi) is 3.23. The molecule has 0 aliphatic carbocycles. The lowest BCUT2D eigenvalue weighted by Gasteiger charge is -2.00. The lowest BCUT2D eigenvalue weighted by atomic mass is 10.1. The molecule has 5 nitrogen and oxygen atoms in total. The van der Waals surface area contributed by atoms with Gasteiger partial charge in [-0.15, -0.1) is 0 Å². The topological polar surface area (TPSA) is 71.8 Å². The number of hydrogen-bond acceptors (Lipinski definition) is 5. The lowest BCUT2D eigenvalue weighted by molar-refractivity contribution is -0.135. The lowest BCUT2D eigenvalue weighted by Crippen LogP contribution is -2.11. The summed E-state index contributed by atoms with van der Waals surface area (Å²) < 4.78 is 4.59. The summed E-state index contributed by atoms with van der Waals surface area (Å²) in [5.74, 6) is -0.775. The van der Waals surface area contributed by atoms with E-state index in [1.807, 2.05) is 6.07 Å². The van der Waals surface area contributed by atoms with Crippen molar-refractivity contribution in [3.05, 3.63) is 47.1 Å². The summed E-state index contributed by atoms with van der Waals surface area (Å²) in [6.45, 7) is 1.64. The molecule has 0 spiro atoms. The SMILES string of the molecule is COC(=O)C1=C(O)/C(=C/c2ccccn2)N=C1C. The number of aliphatic hydroxyl groups is 1. The molecule has 0 fully saturated rings. The van der Waals surface area contributed by atoms with Crippen molar-refractivity contribution in [1.82, 2.24) is 4.98 Å². The smallest absolute Gasteiger partial charge is 0.343 e. The molecule has 0 amide bonds. The van der Waals surface area contributed by atoms with Gasteiger partial charge < -0.3 is 9.84 Å². The molecular weight excluding hydrogens is 232 g/mol. The van der Waals surface area contributed by atoms with Gasteiger partial charge in [-0.3, -0.25) is 4.98 Å². The fraction of sp³-hybridized carbons (Fsp3) is 0.154. The van der Waals surface area contributed by atoms with Crippen LogP contribution in [0.1, 0.15) is 12.6 Å². The van der Waals surface area contributed by atoms with Gasteiger partial charge in [0.25, 0.3) is 0 Å². The van der Waals surface area contributed by atoms with E-state index in [2.05, 4.69) is 14.7 Å². The number of carbonyl (C=O) groups is 1. The highest BCUT2D eigenvalue weighted by Gasteiger charge is 2.27. The Labute approximate surface area is 104 Å². The number of nitrogens with zero attached hydrogens (tertiary/aromatic N) is 2. The number of ether oxygens (including phenoxy) is 1. The van der Waals surface area contributed by atoms with E-state index in [1.54, 1.807) is 31.3 Å². The van der Waals surface area contributed by atoms with E-state index in [-0.39, 0.29) is 11.3 Å². The number of aliphatic hydroxyl groups excluding tert-OH is 1. The van der Waals surface area contributed by atoms with Crippen LogP contribution in [0.5, 0.6) is 0 Å². The first kappa shape index (κ1) is 12.0. The van der Waals surface area contributed by atoms with Crippen molar-refractivity contribution < 1.29 is 14.6 Å². The van der Waals surface area contributed by atoms with E-state index in [4.69, 9.17) is 0 Å². The predicted octanol–water partition coefficient (Wildman–Crippen LogP) is 1.88. The van der Waals surface area contributed by atoms with Crippen LogP contribution in [0, 0.1) is 0 Å². The summed E-state index contributed by atoms with van der Waals surface area (Å²) in [4.78, 5) is 19.7. The maximum absolute atomic E-state index is 11.5. The van der Waals surface area contributed by atoms with Crippen molar-refractivity contribution in [2.45, 2.75) is 6.92 Å². The second-order valence-electron chi connectivity index (χ2n) is 3.70. The van der Waals surface area contributed by atoms with Crippen LogP contribution in [0.4, 0.5) is 0 Å². The highest BCUT2D eigenvalue weighted by molar-refractivity contribution is 6.21. The van der Waals surface area contributed by atoms with Crippen molar-refractivity contribution >= 4 is 17.8 Å². The standard InChI is InChI=1S/C13H12N2O3/c1-8-11(13(17)18-2)12(16)10(15-8)7-9-5-3-4-6-14-9/h3-7,16H,1-2H3/b10-7-. The van der Waals surface area contributed by atoms with Crippen LogP contribution < -0.4 is 0 Å². The molecule has 0 atom stereocenters. The average Bonchev–Trinajstić information content (AvgIpc) is 2.65. The summed E-state index contributed by atoms with van der Waals surface area (Å²) in [5, 5.41) is 9.95. The van der Waals surface area contributed by atoms with Crippen LogP contribution in [0.2, 0.25) is 0 Å². The highest BCUT2D eigenvalue weighted by atomic mass is 16.5. The van der Waals surface area contributed by atoms with Gasteiger partial charge in [0.1, 0.15) is 11.3 Å². The maximum atomic E-state index is 11.5. The predicted molar refractivity (Wildman–Crippen MR) is 67.0 cm³/mol. The minimum absolute atomic E-state index is 0.0969. The number of methoxy groups -OCH3 is 1. The van der Waals surface area contributed by atoms with E-state index in [9.17, 15) is 9.90 Å². The number of aliphatic imine (C=N–C) groups is 1. The Hall–Kier alpha value is -2.43. The van der Waals surface area contributed by atoms with Gasteiger partial charge in [0.05, 0.1) is 18.5 Å². The van der Waals surface area contributed by atoms with Gasteiger partial charge in [-0.1, -0.05) is 6.07 Å². The Balaban J connectivity index is 2.42. The molecule has 18 heavy (non-hydrogen) atoms. The number of aromatic nitrogens is 1. The minimum Gasteiger partial charge on any atom is -0.505 e. The Bertz CT molecular complexity index is 571. The summed E-state index contributed by atoms with van der Waals surface area (Å²) in [6, 6.07) is 5.40. The number of carbonyl (C=O) groups excluding carboxylic acids is 1. The fourth-order valence-electron chi connectivity index (χ4n) is 1.64. The van der Waals surface area contributed by atoms with E-state index >= 15 is 0 Å². The molecule has 1 N–H and O–H groups in total. The first-order valence-electron chi connectivity index (χ1n) is 5.34. The third-order valence-electron chi connectivity index (χ3n) is 2.49. The first-order chi connectivity index (χ1) is 8.63. The number of pyridine rings is 1. The normalized spacial score (nSPS) is 17.0. The molecule has 1 aromatic rings. The zero-order valence-electron chi connectivity index (χ0n) is 10.0. The summed E-state index contributed by atoms with van der Waals surface area (Å²) in [5.41, 5.74) is 1.49. The van der Waals surface area contributed by atoms with Crippen molar-refractivity contribution in [3.8, 4) is 0 Å². The third-order valence-corrected chi connectivity index (χ3v) is 2.49. The molecule has 92 valence electrons. The largest absolute Gasteiger partial charge is 0.505 e. The third kappa shape index (κ3) is 2.15. The summed E-state index contributed by atoms with van der Waals surface area (Å²) in [6.07, 6.45) is 3.24. The van der Waals surface area contributed by atoms with E-state index in [0.29, 0.717) is 17.1 Å². The summed E-state index contributed by atoms with van der Waals surface area (Å²) in [7, 11) is 1.26. The maximum Gasteiger partial charge on any atom is 0.343 e. The Morgan fingerprint density at radius 1 is 1.44 bits per heavy atom. The molecular formula is C13H12N2O3. The molecule has 0 radical (unpaired) electrons. The van der Waals surface area contributed by atoms with Gasteiger partial charge >= 0.3 is 5.97 Å². The molecule has 2 heterocycles. The van der Waals surface area contributed by atoms with Gasteiger partial charge in [0.15, 0.2) is 5.76 Å². The molecule has 0 saturated carbocycles. The molecule has 0 bridgehead atoms. The Morgan fingerprint density at radius 2 is 2.22 bits per heavy atom. The monoisotopic (exact) mass is 244 g/mol. The van der Waals surface area contributed by atoms with Gasteiger partial charge in [-0.25, -0.2) is 9.79 Å². The molecule has 5 heteroatoms. The van der Waals surface area contributed by atoms with E-state index in [0.717, 1.165) is 0 Å². The molecule has 0 aromatic carbocycles. The van der Waals surface area contributed by atoms with Gasteiger partial charge in [-0.05, 0) is 25.1 Å². The molecule has 0 saturated heterocycles. The molecule has 1 aromatic heterocycles. The van der Waals surface area contributed by atoms with Crippen LogP contribution in [0.15, 0.2) is 46.4 Å². The average molecular weight is 244 g/mol. The summed E-state index contributed by atoms with van der Waals surface area (Å²) >= 11 is 0. The van der Waals surface area contributed by atoms with Crippen molar-refractivity contribution in [2.75, 3.05) is 7.11 Å². The molecule has 2 rings (SSSR count). The van der Waals surface area contributed by atoms with Crippen LogP contribution in [-0.4, -0.2) is 28.9 Å². The zero-order valence-corrected chi connectivity index (χ0v) is 10.0. The zero-order chi connectivity index (χ0) is 13.1. The minimum atomic E-state index is -0.599. The molecule has 1 aliphatic rings. The second kappa shape index (κ2) is 4.83. The van der Waals surface area contributed by atoms with E-state index < -0.39 is 5.97 Å². The van der Waals surface area contributed by atoms with E-state index in [1.165, 1.54) is 7.11 Å². The van der Waals surface area contributed by atoms with Crippen molar-refractivity contribution in [2.24, 2.45) is 4.99 Å². The van der Waals surface area contributed by atoms with Crippen LogP contribution in [0.25, 0.3) is 6.08 Å². The Morgan fingerprint density at radius 3 is 2.83 bits per heavy atom. The number of hydrogen-bond donors (Lipinski definition) is 1. The van der Waals surface area contributed by atoms with Gasteiger partial charge in [-0.2, -0.15) is 0 Å². The van der Waals surface area contributed by atoms with Gasteiger partial charge in [0.2, 0.25) is 0 Å². The van der Waals surface area contributed by atoms with Gasteiger partial charge in [0, 0.05) is 6.20 Å². The molecule has 0 unspecified atom stereocenters. The quantitative estimate of drug-likeness (QED) is 0.806.